The van der Waals surface area contributed by atoms with Crippen LogP contribution in [0.4, 0.5) is 4.39 Å². The number of alkyl halides is 1. The SMILES string of the molecule is CN1CCN(CC#N)C(=O)C12CCN(C(=O)C1(F)CCC1)CC2. The Hall–Kier alpha value is -1.68. The van der Waals surface area contributed by atoms with Crippen LogP contribution in [-0.4, -0.2) is 77.5 Å². The fraction of sp³-hybridized carbons (Fsp3) is 0.812. The molecule has 2 heterocycles. The molecule has 0 bridgehead atoms. The molecule has 0 aromatic heterocycles. The van der Waals surface area contributed by atoms with Crippen LogP contribution in [0.5, 0.6) is 0 Å². The highest BCUT2D eigenvalue weighted by Crippen LogP contribution is 2.39. The van der Waals surface area contributed by atoms with Gasteiger partial charge in [-0.05, 0) is 39.2 Å². The minimum absolute atomic E-state index is 0.0292. The molecule has 3 aliphatic rings. The molecule has 7 heteroatoms. The maximum absolute atomic E-state index is 14.3. The fourth-order valence-corrected chi connectivity index (χ4v) is 3.94. The van der Waals surface area contributed by atoms with Gasteiger partial charge in [-0.15, -0.1) is 0 Å². The van der Waals surface area contributed by atoms with E-state index in [1.54, 1.807) is 9.80 Å². The van der Waals surface area contributed by atoms with Crippen LogP contribution in [0.15, 0.2) is 0 Å². The third-order valence-corrected chi connectivity index (χ3v) is 5.79. The van der Waals surface area contributed by atoms with Crippen molar-refractivity contribution in [1.82, 2.24) is 14.7 Å². The van der Waals surface area contributed by atoms with Crippen LogP contribution < -0.4 is 0 Å². The van der Waals surface area contributed by atoms with Crippen LogP contribution in [0.25, 0.3) is 0 Å². The Kier molecular flexibility index (Phi) is 4.05. The third-order valence-electron chi connectivity index (χ3n) is 5.79. The van der Waals surface area contributed by atoms with Gasteiger partial charge in [0.15, 0.2) is 5.67 Å². The lowest BCUT2D eigenvalue weighted by Crippen LogP contribution is -2.68. The number of carbonyl (C=O) groups is 2. The molecule has 1 aliphatic carbocycles. The van der Waals surface area contributed by atoms with Crippen LogP contribution >= 0.6 is 0 Å². The van der Waals surface area contributed by atoms with Gasteiger partial charge in [-0.2, -0.15) is 5.26 Å². The van der Waals surface area contributed by atoms with Gasteiger partial charge >= 0.3 is 0 Å². The van der Waals surface area contributed by atoms with Gasteiger partial charge in [0.05, 0.1) is 6.07 Å². The van der Waals surface area contributed by atoms with E-state index >= 15 is 0 Å². The second kappa shape index (κ2) is 5.75. The van der Waals surface area contributed by atoms with Crippen LogP contribution in [-0.2, 0) is 9.59 Å². The number of likely N-dealkylation sites (tertiary alicyclic amines) is 1. The van der Waals surface area contributed by atoms with E-state index in [9.17, 15) is 14.0 Å². The van der Waals surface area contributed by atoms with Gasteiger partial charge < -0.3 is 9.80 Å². The van der Waals surface area contributed by atoms with E-state index in [-0.39, 0.29) is 12.5 Å². The molecule has 0 N–H and O–H groups in total. The lowest BCUT2D eigenvalue weighted by Gasteiger charge is -2.52. The number of carbonyl (C=O) groups excluding carboxylic acids is 2. The third kappa shape index (κ3) is 2.49. The molecule has 0 radical (unpaired) electrons. The minimum atomic E-state index is -1.67. The fourth-order valence-electron chi connectivity index (χ4n) is 3.94. The molecule has 1 saturated carbocycles. The first-order valence-corrected chi connectivity index (χ1v) is 8.29. The maximum Gasteiger partial charge on any atom is 0.260 e. The van der Waals surface area contributed by atoms with Crippen LogP contribution in [0, 0.1) is 11.3 Å². The molecule has 3 fully saturated rings. The molecule has 3 rings (SSSR count). The Bertz CT molecular complexity index is 547. The summed E-state index contributed by atoms with van der Waals surface area (Å²) in [5.41, 5.74) is -2.31. The number of piperidine rings is 1. The van der Waals surface area contributed by atoms with Crippen molar-refractivity contribution >= 4 is 11.8 Å². The topological polar surface area (TPSA) is 67.7 Å². The van der Waals surface area contributed by atoms with Crippen LogP contribution in [0.3, 0.4) is 0 Å². The summed E-state index contributed by atoms with van der Waals surface area (Å²) in [7, 11) is 1.92. The van der Waals surface area contributed by atoms with Crippen molar-refractivity contribution < 1.29 is 14.0 Å². The number of rotatable bonds is 2. The summed E-state index contributed by atoms with van der Waals surface area (Å²) in [6, 6.07) is 2.04. The van der Waals surface area contributed by atoms with Gasteiger partial charge in [-0.3, -0.25) is 14.5 Å². The summed E-state index contributed by atoms with van der Waals surface area (Å²) >= 11 is 0. The number of hydrogen-bond acceptors (Lipinski definition) is 4. The van der Waals surface area contributed by atoms with E-state index in [2.05, 4.69) is 0 Å². The minimum Gasteiger partial charge on any atom is -0.340 e. The Morgan fingerprint density at radius 1 is 1.22 bits per heavy atom. The van der Waals surface area contributed by atoms with Gasteiger partial charge in [0, 0.05) is 26.2 Å². The molecule has 6 nitrogen and oxygen atoms in total. The zero-order valence-electron chi connectivity index (χ0n) is 13.6. The first kappa shape index (κ1) is 16.2. The van der Waals surface area contributed by atoms with Crippen molar-refractivity contribution in [3.05, 3.63) is 0 Å². The molecular weight excluding hydrogens is 299 g/mol. The lowest BCUT2D eigenvalue weighted by molar-refractivity contribution is -0.161. The molecule has 2 amide bonds. The Morgan fingerprint density at radius 3 is 2.39 bits per heavy atom. The average molecular weight is 322 g/mol. The molecule has 2 aliphatic heterocycles. The predicted molar refractivity (Wildman–Crippen MR) is 81.1 cm³/mol. The van der Waals surface area contributed by atoms with Crippen molar-refractivity contribution in [1.29, 1.82) is 5.26 Å². The van der Waals surface area contributed by atoms with Crippen molar-refractivity contribution in [3.8, 4) is 6.07 Å². The van der Waals surface area contributed by atoms with E-state index in [1.165, 1.54) is 0 Å². The maximum atomic E-state index is 14.3. The number of nitrogens with zero attached hydrogens (tertiary/aromatic N) is 4. The molecule has 23 heavy (non-hydrogen) atoms. The van der Waals surface area contributed by atoms with Gasteiger partial charge in [0.2, 0.25) is 5.91 Å². The normalized spacial score (nSPS) is 26.7. The molecule has 0 unspecified atom stereocenters. The van der Waals surface area contributed by atoms with Crippen molar-refractivity contribution in [2.45, 2.75) is 43.3 Å². The molecule has 0 aromatic carbocycles. The number of nitriles is 1. The number of piperazine rings is 1. The Morgan fingerprint density at radius 2 is 1.87 bits per heavy atom. The lowest BCUT2D eigenvalue weighted by atomic mass is 9.78. The first-order chi connectivity index (χ1) is 10.9. The number of likely N-dealkylation sites (N-methyl/N-ethyl adjacent to an activating group) is 1. The van der Waals surface area contributed by atoms with E-state index in [0.29, 0.717) is 51.9 Å². The molecule has 0 atom stereocenters. The highest BCUT2D eigenvalue weighted by Gasteiger charge is 2.52. The largest absolute Gasteiger partial charge is 0.340 e. The summed E-state index contributed by atoms with van der Waals surface area (Å²) < 4.78 is 14.3. The van der Waals surface area contributed by atoms with Crippen LogP contribution in [0.1, 0.15) is 32.1 Å². The van der Waals surface area contributed by atoms with Crippen molar-refractivity contribution in [2.75, 3.05) is 39.8 Å². The summed E-state index contributed by atoms with van der Waals surface area (Å²) in [5, 5.41) is 8.87. The van der Waals surface area contributed by atoms with Gasteiger partial charge in [-0.25, -0.2) is 4.39 Å². The smallest absolute Gasteiger partial charge is 0.260 e. The van der Waals surface area contributed by atoms with Crippen molar-refractivity contribution in [3.63, 3.8) is 0 Å². The monoisotopic (exact) mass is 322 g/mol. The average Bonchev–Trinajstić information content (AvgIpc) is 2.53. The highest BCUT2D eigenvalue weighted by atomic mass is 19.1. The van der Waals surface area contributed by atoms with E-state index < -0.39 is 17.1 Å². The first-order valence-electron chi connectivity index (χ1n) is 8.29. The zero-order chi connectivity index (χ0) is 16.7. The second-order valence-electron chi connectivity index (χ2n) is 6.95. The predicted octanol–water partition coefficient (Wildman–Crippen LogP) is 0.537. The number of amides is 2. The number of hydrogen-bond donors (Lipinski definition) is 0. The standard InChI is InChI=1S/C16H23FN4O2/c1-19-11-12-21(10-7-18)14(23)16(19)5-8-20(9-6-16)13(22)15(17)3-2-4-15/h2-6,8-12H2,1H3. The molecular formula is C16H23FN4O2. The van der Waals surface area contributed by atoms with E-state index in [1.807, 2.05) is 18.0 Å². The quantitative estimate of drug-likeness (QED) is 0.696. The Labute approximate surface area is 135 Å². The second-order valence-corrected chi connectivity index (χ2v) is 6.95. The molecule has 126 valence electrons. The summed E-state index contributed by atoms with van der Waals surface area (Å²) in [6.07, 6.45) is 2.42. The number of halogens is 1. The van der Waals surface area contributed by atoms with E-state index in [0.717, 1.165) is 6.42 Å². The summed E-state index contributed by atoms with van der Waals surface area (Å²) in [4.78, 5) is 30.3. The molecule has 1 spiro atoms. The molecule has 0 aromatic rings. The summed E-state index contributed by atoms with van der Waals surface area (Å²) in [5.74, 6) is -0.433. The van der Waals surface area contributed by atoms with Gasteiger partial charge in [0.25, 0.3) is 5.91 Å². The van der Waals surface area contributed by atoms with E-state index in [4.69, 9.17) is 5.26 Å². The molecule has 2 saturated heterocycles. The van der Waals surface area contributed by atoms with Crippen molar-refractivity contribution in [2.24, 2.45) is 0 Å². The summed E-state index contributed by atoms with van der Waals surface area (Å²) in [6.45, 7) is 2.18. The van der Waals surface area contributed by atoms with Crippen LogP contribution in [0.2, 0.25) is 0 Å². The van der Waals surface area contributed by atoms with Gasteiger partial charge in [0.1, 0.15) is 12.1 Å². The van der Waals surface area contributed by atoms with Gasteiger partial charge in [-0.1, -0.05) is 0 Å². The highest BCUT2D eigenvalue weighted by molar-refractivity contribution is 5.89. The Balaban J connectivity index is 1.69. The zero-order valence-corrected chi connectivity index (χ0v) is 13.6.